The van der Waals surface area contributed by atoms with Gasteiger partial charge in [0.1, 0.15) is 5.82 Å². The summed E-state index contributed by atoms with van der Waals surface area (Å²) in [5.74, 6) is -1.59. The van der Waals surface area contributed by atoms with Crippen molar-refractivity contribution in [3.63, 3.8) is 0 Å². The van der Waals surface area contributed by atoms with Crippen LogP contribution in [-0.2, 0) is 4.74 Å². The molecule has 1 fully saturated rings. The molecule has 0 bridgehead atoms. The van der Waals surface area contributed by atoms with Crippen LogP contribution in [0, 0.1) is 12.7 Å². The molecule has 1 saturated heterocycles. The van der Waals surface area contributed by atoms with Crippen LogP contribution < -0.4 is 0 Å². The molecule has 5 heteroatoms. The van der Waals surface area contributed by atoms with Gasteiger partial charge in [-0.15, -0.1) is 0 Å². The van der Waals surface area contributed by atoms with Crippen LogP contribution in [0.15, 0.2) is 30.3 Å². The summed E-state index contributed by atoms with van der Waals surface area (Å²) >= 11 is 0. The Kier molecular flexibility index (Phi) is 3.53. The Hall–Kier alpha value is -2.40. The molecule has 124 valence electrons. The molecule has 1 aliphatic heterocycles. The number of carboxylic acid groups (broad SMARTS) is 1. The summed E-state index contributed by atoms with van der Waals surface area (Å²) in [7, 11) is 0. The maximum Gasteiger partial charge on any atom is 0.335 e. The van der Waals surface area contributed by atoms with Gasteiger partial charge in [0.05, 0.1) is 11.1 Å². The van der Waals surface area contributed by atoms with Crippen LogP contribution in [0.4, 0.5) is 4.39 Å². The predicted molar refractivity (Wildman–Crippen MR) is 90.2 cm³/mol. The van der Waals surface area contributed by atoms with Crippen LogP contribution in [-0.4, -0.2) is 28.9 Å². The number of aromatic carboxylic acids is 1. The predicted octanol–water partition coefficient (Wildman–Crippen LogP) is 4.29. The van der Waals surface area contributed by atoms with Gasteiger partial charge in [-0.3, -0.25) is 0 Å². The van der Waals surface area contributed by atoms with Gasteiger partial charge in [-0.2, -0.15) is 0 Å². The molecule has 1 aliphatic rings. The van der Waals surface area contributed by atoms with Gasteiger partial charge in [0.2, 0.25) is 0 Å². The maximum atomic E-state index is 14.8. The number of carboxylic acids is 1. The average Bonchev–Trinajstić information content (AvgIpc) is 2.91. The lowest BCUT2D eigenvalue weighted by molar-refractivity contribution is 0.0693. The summed E-state index contributed by atoms with van der Waals surface area (Å²) in [5.41, 5.74) is 2.58. The molecule has 1 N–H and O–H groups in total. The van der Waals surface area contributed by atoms with Crippen LogP contribution in [0.2, 0.25) is 0 Å². The minimum Gasteiger partial charge on any atom is -0.478 e. The second kappa shape index (κ2) is 5.60. The van der Waals surface area contributed by atoms with Gasteiger partial charge >= 0.3 is 5.97 Å². The van der Waals surface area contributed by atoms with Crippen molar-refractivity contribution in [2.75, 3.05) is 13.2 Å². The highest BCUT2D eigenvalue weighted by molar-refractivity contribution is 6.11. The summed E-state index contributed by atoms with van der Waals surface area (Å²) in [6.45, 7) is 3.29. The van der Waals surface area contributed by atoms with Crippen molar-refractivity contribution in [1.29, 1.82) is 0 Å². The van der Waals surface area contributed by atoms with E-state index in [9.17, 15) is 14.3 Å². The summed E-state index contributed by atoms with van der Waals surface area (Å²) < 4.78 is 22.4. The Bertz CT molecular complexity index is 954. The van der Waals surface area contributed by atoms with Crippen LogP contribution in [0.1, 0.15) is 34.8 Å². The number of aromatic nitrogens is 1. The molecule has 0 atom stereocenters. The Morgan fingerprint density at radius 1 is 1.21 bits per heavy atom. The van der Waals surface area contributed by atoms with Crippen molar-refractivity contribution in [3.8, 4) is 0 Å². The zero-order valence-electron chi connectivity index (χ0n) is 13.4. The number of aryl methyl sites for hydroxylation is 1. The lowest BCUT2D eigenvalue weighted by atomic mass is 10.1. The number of ether oxygens (including phenoxy) is 1. The number of halogens is 1. The molecule has 0 radical (unpaired) electrons. The van der Waals surface area contributed by atoms with Gasteiger partial charge in [-0.1, -0.05) is 12.1 Å². The van der Waals surface area contributed by atoms with E-state index in [-0.39, 0.29) is 11.6 Å². The normalized spacial score (nSPS) is 16.1. The first-order valence-corrected chi connectivity index (χ1v) is 8.11. The highest BCUT2D eigenvalue weighted by Gasteiger charge is 2.24. The standard InChI is InChI=1S/C19H18FNO3/c1-11-3-2-4-15-17(11)18-14(20)9-12(19(22)23)10-16(18)21(15)13-5-7-24-8-6-13/h2-4,9-10,13H,5-8H2,1H3,(H,22,23). The Morgan fingerprint density at radius 3 is 2.67 bits per heavy atom. The molecular weight excluding hydrogens is 309 g/mol. The number of benzene rings is 2. The number of nitrogens with zero attached hydrogens (tertiary/aromatic N) is 1. The molecule has 0 unspecified atom stereocenters. The van der Waals surface area contributed by atoms with Crippen molar-refractivity contribution < 1.29 is 19.0 Å². The van der Waals surface area contributed by atoms with Gasteiger partial charge in [-0.25, -0.2) is 9.18 Å². The molecule has 2 aromatic carbocycles. The number of rotatable bonds is 2. The van der Waals surface area contributed by atoms with Gasteiger partial charge < -0.3 is 14.4 Å². The van der Waals surface area contributed by atoms with Crippen LogP contribution >= 0.6 is 0 Å². The summed E-state index contributed by atoms with van der Waals surface area (Å²) in [5, 5.41) is 10.7. The first-order chi connectivity index (χ1) is 11.6. The second-order valence-corrected chi connectivity index (χ2v) is 6.34. The number of carbonyl (C=O) groups is 1. The first-order valence-electron chi connectivity index (χ1n) is 8.11. The third-order valence-electron chi connectivity index (χ3n) is 4.89. The lowest BCUT2D eigenvalue weighted by Crippen LogP contribution is -2.19. The molecule has 0 spiro atoms. The van der Waals surface area contributed by atoms with Crippen molar-refractivity contribution in [2.45, 2.75) is 25.8 Å². The molecule has 3 aromatic rings. The van der Waals surface area contributed by atoms with E-state index in [2.05, 4.69) is 4.57 Å². The summed E-state index contributed by atoms with van der Waals surface area (Å²) in [6.07, 6.45) is 1.68. The SMILES string of the molecule is Cc1cccc2c1c1c(F)cc(C(=O)O)cc1n2C1CCOCC1. The van der Waals surface area contributed by atoms with E-state index in [1.54, 1.807) is 6.07 Å². The zero-order chi connectivity index (χ0) is 16.8. The molecule has 0 aliphatic carbocycles. The van der Waals surface area contributed by atoms with E-state index in [4.69, 9.17) is 4.74 Å². The van der Waals surface area contributed by atoms with Crippen molar-refractivity contribution in [2.24, 2.45) is 0 Å². The highest BCUT2D eigenvalue weighted by Crippen LogP contribution is 2.38. The Labute approximate surface area is 138 Å². The van der Waals surface area contributed by atoms with Crippen molar-refractivity contribution in [1.82, 2.24) is 4.57 Å². The molecule has 1 aromatic heterocycles. The first kappa shape index (κ1) is 15.1. The minimum absolute atomic E-state index is 0.0197. The van der Waals surface area contributed by atoms with Crippen molar-refractivity contribution >= 4 is 27.8 Å². The van der Waals surface area contributed by atoms with Crippen molar-refractivity contribution in [3.05, 3.63) is 47.3 Å². The highest BCUT2D eigenvalue weighted by atomic mass is 19.1. The topological polar surface area (TPSA) is 51.5 Å². The van der Waals surface area contributed by atoms with E-state index in [0.717, 1.165) is 35.4 Å². The Balaban J connectivity index is 2.13. The maximum absolute atomic E-state index is 14.8. The Morgan fingerprint density at radius 2 is 1.96 bits per heavy atom. The fourth-order valence-corrected chi connectivity index (χ4v) is 3.80. The van der Waals surface area contributed by atoms with E-state index in [0.29, 0.717) is 24.1 Å². The number of hydrogen-bond donors (Lipinski definition) is 1. The molecule has 0 saturated carbocycles. The van der Waals surface area contributed by atoms with Crippen LogP contribution in [0.3, 0.4) is 0 Å². The lowest BCUT2D eigenvalue weighted by Gasteiger charge is -2.25. The molecule has 4 rings (SSSR count). The summed E-state index contributed by atoms with van der Waals surface area (Å²) in [4.78, 5) is 11.4. The largest absolute Gasteiger partial charge is 0.478 e. The monoisotopic (exact) mass is 327 g/mol. The van der Waals surface area contributed by atoms with Gasteiger partial charge in [0, 0.05) is 35.5 Å². The quantitative estimate of drug-likeness (QED) is 0.764. The van der Waals surface area contributed by atoms with E-state index >= 15 is 0 Å². The van der Waals surface area contributed by atoms with Crippen LogP contribution in [0.5, 0.6) is 0 Å². The third kappa shape index (κ3) is 2.19. The molecule has 2 heterocycles. The van der Waals surface area contributed by atoms with E-state index in [1.165, 1.54) is 0 Å². The zero-order valence-corrected chi connectivity index (χ0v) is 13.4. The molecule has 0 amide bonds. The minimum atomic E-state index is -1.11. The molecule has 24 heavy (non-hydrogen) atoms. The van der Waals surface area contributed by atoms with Gasteiger partial charge in [-0.05, 0) is 43.5 Å². The van der Waals surface area contributed by atoms with E-state index in [1.807, 2.05) is 25.1 Å². The fraction of sp³-hybridized carbons (Fsp3) is 0.316. The number of hydrogen-bond acceptors (Lipinski definition) is 2. The summed E-state index contributed by atoms with van der Waals surface area (Å²) in [6, 6.07) is 8.80. The van der Waals surface area contributed by atoms with Crippen LogP contribution in [0.25, 0.3) is 21.8 Å². The van der Waals surface area contributed by atoms with Gasteiger partial charge in [0.15, 0.2) is 0 Å². The smallest absolute Gasteiger partial charge is 0.335 e. The average molecular weight is 327 g/mol. The number of fused-ring (bicyclic) bond motifs is 3. The molecular formula is C19H18FNO3. The second-order valence-electron chi connectivity index (χ2n) is 6.34. The molecule has 4 nitrogen and oxygen atoms in total. The third-order valence-corrected chi connectivity index (χ3v) is 4.89. The van der Waals surface area contributed by atoms with Gasteiger partial charge in [0.25, 0.3) is 0 Å². The fourth-order valence-electron chi connectivity index (χ4n) is 3.80. The van der Waals surface area contributed by atoms with E-state index < -0.39 is 11.8 Å².